The van der Waals surface area contributed by atoms with Gasteiger partial charge in [0.2, 0.25) is 0 Å². The van der Waals surface area contributed by atoms with E-state index in [2.05, 4.69) is 0 Å². The molecule has 0 aromatic heterocycles. The van der Waals surface area contributed by atoms with Gasteiger partial charge < -0.3 is 0 Å². The Hall–Kier alpha value is 1.45. The Morgan fingerprint density at radius 3 is 2.25 bits per heavy atom. The molecular formula is C7H10Cl5. The Bertz CT molecular complexity index is 109. The van der Waals surface area contributed by atoms with E-state index in [-0.39, 0.29) is 5.38 Å². The Morgan fingerprint density at radius 2 is 1.83 bits per heavy atom. The van der Waals surface area contributed by atoms with E-state index in [0.29, 0.717) is 12.3 Å². The molecule has 1 radical (unpaired) electrons. The largest absolute Gasteiger partial charge is 0.190 e. The summed E-state index contributed by atoms with van der Waals surface area (Å²) < 4.78 is -1.14. The summed E-state index contributed by atoms with van der Waals surface area (Å²) in [4.78, 5) is 0. The summed E-state index contributed by atoms with van der Waals surface area (Å²) in [5.41, 5.74) is 0. The normalized spacial score (nSPS) is 14.8. The molecule has 0 amide bonds. The van der Waals surface area contributed by atoms with Crippen LogP contribution in [0.2, 0.25) is 0 Å². The highest BCUT2D eigenvalue weighted by Gasteiger charge is 2.18. The summed E-state index contributed by atoms with van der Waals surface area (Å²) in [6.45, 7) is 0. The number of alkyl halides is 5. The molecule has 0 aliphatic carbocycles. The average molecular weight is 271 g/mol. The second-order valence-electron chi connectivity index (χ2n) is 2.41. The van der Waals surface area contributed by atoms with Gasteiger partial charge in [-0.15, -0.1) is 23.2 Å². The van der Waals surface area contributed by atoms with Crippen LogP contribution < -0.4 is 0 Å². The van der Waals surface area contributed by atoms with Crippen LogP contribution in [-0.2, 0) is 0 Å². The molecule has 0 fully saturated rings. The SMILES string of the molecule is ClCC(Cl)[CH]CCCC(Cl)(Cl)Cl. The maximum absolute atomic E-state index is 5.73. The van der Waals surface area contributed by atoms with Crippen molar-refractivity contribution >= 4 is 58.0 Å². The fraction of sp³-hybridized carbons (Fsp3) is 0.857. The highest BCUT2D eigenvalue weighted by molar-refractivity contribution is 6.67. The maximum Gasteiger partial charge on any atom is 0.190 e. The van der Waals surface area contributed by atoms with E-state index >= 15 is 0 Å². The van der Waals surface area contributed by atoms with Crippen molar-refractivity contribution in [2.75, 3.05) is 5.88 Å². The van der Waals surface area contributed by atoms with Crippen LogP contribution >= 0.6 is 58.0 Å². The summed E-state index contributed by atoms with van der Waals surface area (Å²) in [7, 11) is 0. The van der Waals surface area contributed by atoms with E-state index < -0.39 is 3.79 Å². The van der Waals surface area contributed by atoms with E-state index in [0.717, 1.165) is 12.8 Å². The fourth-order valence-corrected chi connectivity index (χ4v) is 1.32. The molecule has 0 spiro atoms. The van der Waals surface area contributed by atoms with Gasteiger partial charge in [0.15, 0.2) is 3.79 Å². The predicted octanol–water partition coefficient (Wildman–Crippen LogP) is 4.58. The zero-order valence-corrected chi connectivity index (χ0v) is 10.2. The second kappa shape index (κ2) is 6.84. The van der Waals surface area contributed by atoms with Crippen LogP contribution in [0.25, 0.3) is 0 Å². The molecule has 0 rings (SSSR count). The third kappa shape index (κ3) is 9.54. The smallest absolute Gasteiger partial charge is 0.125 e. The Labute approximate surface area is 98.4 Å². The van der Waals surface area contributed by atoms with Crippen molar-refractivity contribution in [3.63, 3.8) is 0 Å². The number of hydrogen-bond donors (Lipinski definition) is 0. The van der Waals surface area contributed by atoms with Crippen molar-refractivity contribution in [1.82, 2.24) is 0 Å². The highest BCUT2D eigenvalue weighted by atomic mass is 35.6. The van der Waals surface area contributed by atoms with Crippen LogP contribution in [0.3, 0.4) is 0 Å². The van der Waals surface area contributed by atoms with Gasteiger partial charge in [-0.05, 0) is 25.7 Å². The van der Waals surface area contributed by atoms with Gasteiger partial charge in [-0.3, -0.25) is 0 Å². The van der Waals surface area contributed by atoms with E-state index in [4.69, 9.17) is 58.0 Å². The molecule has 0 aliphatic heterocycles. The van der Waals surface area contributed by atoms with Gasteiger partial charge in [0.25, 0.3) is 0 Å². The molecule has 1 atom stereocenters. The number of halogens is 5. The fourth-order valence-electron chi connectivity index (χ4n) is 0.664. The van der Waals surface area contributed by atoms with Crippen molar-refractivity contribution in [3.05, 3.63) is 6.42 Å². The molecule has 0 bridgehead atoms. The first-order chi connectivity index (χ1) is 5.45. The molecule has 0 nitrogen and oxygen atoms in total. The minimum atomic E-state index is -1.14. The molecule has 73 valence electrons. The van der Waals surface area contributed by atoms with Gasteiger partial charge in [-0.25, -0.2) is 0 Å². The molecule has 0 saturated heterocycles. The van der Waals surface area contributed by atoms with Crippen LogP contribution in [0.1, 0.15) is 19.3 Å². The van der Waals surface area contributed by atoms with Crippen LogP contribution in [-0.4, -0.2) is 15.0 Å². The van der Waals surface area contributed by atoms with Crippen molar-refractivity contribution in [2.24, 2.45) is 0 Å². The molecule has 0 N–H and O–H groups in total. The molecule has 0 aliphatic rings. The van der Waals surface area contributed by atoms with Gasteiger partial charge in [-0.1, -0.05) is 34.8 Å². The van der Waals surface area contributed by atoms with Gasteiger partial charge in [0.05, 0.1) is 5.38 Å². The number of rotatable bonds is 5. The molecule has 0 aromatic carbocycles. The highest BCUT2D eigenvalue weighted by Crippen LogP contribution is 2.32. The Balaban J connectivity index is 3.22. The second-order valence-corrected chi connectivity index (χ2v) is 5.80. The van der Waals surface area contributed by atoms with Gasteiger partial charge in [0, 0.05) is 5.88 Å². The van der Waals surface area contributed by atoms with Gasteiger partial charge in [-0.2, -0.15) is 0 Å². The Kier molecular flexibility index (Phi) is 7.66. The lowest BCUT2D eigenvalue weighted by Gasteiger charge is -2.10. The van der Waals surface area contributed by atoms with Crippen LogP contribution in [0.15, 0.2) is 0 Å². The van der Waals surface area contributed by atoms with Crippen LogP contribution in [0.4, 0.5) is 0 Å². The molecular weight excluding hydrogens is 261 g/mol. The molecule has 0 heterocycles. The third-order valence-electron chi connectivity index (χ3n) is 1.23. The van der Waals surface area contributed by atoms with E-state index in [1.807, 2.05) is 6.42 Å². The van der Waals surface area contributed by atoms with Gasteiger partial charge in [0.1, 0.15) is 0 Å². The summed E-state index contributed by atoms with van der Waals surface area (Å²) >= 11 is 27.8. The molecule has 12 heavy (non-hydrogen) atoms. The predicted molar refractivity (Wildman–Crippen MR) is 58.8 cm³/mol. The zero-order chi connectivity index (χ0) is 9.61. The summed E-state index contributed by atoms with van der Waals surface area (Å²) in [5, 5.41) is -0.0814. The molecule has 1 unspecified atom stereocenters. The van der Waals surface area contributed by atoms with E-state index in [1.165, 1.54) is 0 Å². The van der Waals surface area contributed by atoms with Crippen molar-refractivity contribution in [1.29, 1.82) is 0 Å². The van der Waals surface area contributed by atoms with Crippen LogP contribution in [0, 0.1) is 6.42 Å². The van der Waals surface area contributed by atoms with E-state index in [9.17, 15) is 0 Å². The van der Waals surface area contributed by atoms with Gasteiger partial charge >= 0.3 is 0 Å². The third-order valence-corrected chi connectivity index (χ3v) is 2.62. The maximum atomic E-state index is 5.73. The summed E-state index contributed by atoms with van der Waals surface area (Å²) in [6.07, 6.45) is 4.11. The lowest BCUT2D eigenvalue weighted by Crippen LogP contribution is -2.04. The first-order valence-corrected chi connectivity index (χ1v) is 5.66. The zero-order valence-electron chi connectivity index (χ0n) is 6.37. The summed E-state index contributed by atoms with van der Waals surface area (Å²) in [6, 6.07) is 0. The number of hydrogen-bond acceptors (Lipinski definition) is 0. The van der Waals surface area contributed by atoms with Crippen LogP contribution in [0.5, 0.6) is 0 Å². The quantitative estimate of drug-likeness (QED) is 0.507. The molecule has 5 heteroatoms. The first kappa shape index (κ1) is 13.4. The minimum absolute atomic E-state index is 0.0814. The standard InChI is InChI=1S/C7H10Cl5/c8-5-6(9)3-1-2-4-7(10,11)12/h3,6H,1-2,4-5H2. The van der Waals surface area contributed by atoms with Crippen molar-refractivity contribution < 1.29 is 0 Å². The minimum Gasteiger partial charge on any atom is -0.125 e. The van der Waals surface area contributed by atoms with E-state index in [1.54, 1.807) is 0 Å². The van der Waals surface area contributed by atoms with Crippen molar-refractivity contribution in [2.45, 2.75) is 28.4 Å². The Morgan fingerprint density at radius 1 is 1.25 bits per heavy atom. The average Bonchev–Trinajstić information content (AvgIpc) is 1.96. The lowest BCUT2D eigenvalue weighted by atomic mass is 10.2. The molecule has 0 aromatic rings. The first-order valence-electron chi connectivity index (χ1n) is 3.56. The van der Waals surface area contributed by atoms with Crippen molar-refractivity contribution in [3.8, 4) is 0 Å². The summed E-state index contributed by atoms with van der Waals surface area (Å²) in [5.74, 6) is 0.426. The lowest BCUT2D eigenvalue weighted by molar-refractivity contribution is 0.730. The number of unbranched alkanes of at least 4 members (excludes halogenated alkanes) is 1. The molecule has 0 saturated carbocycles. The monoisotopic (exact) mass is 269 g/mol. The topological polar surface area (TPSA) is 0 Å².